The van der Waals surface area contributed by atoms with E-state index >= 15 is 0 Å². The lowest BCUT2D eigenvalue weighted by molar-refractivity contribution is -0.134. The van der Waals surface area contributed by atoms with E-state index in [0.29, 0.717) is 5.76 Å². The highest BCUT2D eigenvalue weighted by Crippen LogP contribution is 2.31. The molecule has 0 unspecified atom stereocenters. The van der Waals surface area contributed by atoms with Crippen molar-refractivity contribution >= 4 is 46.7 Å². The molecule has 2 rings (SSSR count). The third-order valence-corrected chi connectivity index (χ3v) is 4.08. The number of carbonyl (C=O) groups excluding carboxylic acids is 2. The van der Waals surface area contributed by atoms with Crippen molar-refractivity contribution in [3.63, 3.8) is 0 Å². The Bertz CT molecular complexity index is 719. The number of likely N-dealkylation sites (N-methyl/N-ethyl adjacent to an activating group) is 1. The van der Waals surface area contributed by atoms with Crippen molar-refractivity contribution < 1.29 is 18.7 Å². The molecule has 9 heteroatoms. The van der Waals surface area contributed by atoms with E-state index in [-0.39, 0.29) is 27.3 Å². The summed E-state index contributed by atoms with van der Waals surface area (Å²) in [6.07, 6.45) is 2.68. The quantitative estimate of drug-likeness (QED) is 0.746. The Morgan fingerprint density at radius 2 is 2.04 bits per heavy atom. The highest BCUT2D eigenvalue weighted by atomic mass is 35.5. The zero-order valence-corrected chi connectivity index (χ0v) is 14.2. The second-order valence-electron chi connectivity index (χ2n) is 4.49. The molecule has 6 nitrogen and oxygen atoms in total. The van der Waals surface area contributed by atoms with Crippen LogP contribution in [0.5, 0.6) is 0 Å². The van der Waals surface area contributed by atoms with E-state index in [4.69, 9.17) is 44.0 Å². The number of carbonyl (C=O) groups is 2. The topological polar surface area (TPSA) is 72.6 Å². The van der Waals surface area contributed by atoms with E-state index in [1.807, 2.05) is 0 Å². The molecule has 1 amide bonds. The molecule has 0 spiro atoms. The number of ether oxygens (including phenoxy) is 1. The summed E-state index contributed by atoms with van der Waals surface area (Å²) in [5.74, 6) is -0.666. The van der Waals surface area contributed by atoms with E-state index in [0.717, 1.165) is 0 Å². The van der Waals surface area contributed by atoms with Crippen LogP contribution in [0.4, 0.5) is 0 Å². The maximum Gasteiger partial charge on any atom is 0.359 e. The molecule has 0 atom stereocenters. The molecule has 2 aromatic heterocycles. The van der Waals surface area contributed by atoms with Gasteiger partial charge in [0.2, 0.25) is 0 Å². The van der Waals surface area contributed by atoms with Gasteiger partial charge in [-0.3, -0.25) is 4.79 Å². The minimum Gasteiger partial charge on any atom is -0.467 e. The Morgan fingerprint density at radius 1 is 1.30 bits per heavy atom. The second-order valence-corrected chi connectivity index (χ2v) is 5.65. The molecule has 2 heterocycles. The first-order chi connectivity index (χ1) is 10.9. The first-order valence-corrected chi connectivity index (χ1v) is 7.46. The summed E-state index contributed by atoms with van der Waals surface area (Å²) >= 11 is 17.4. The fourth-order valence-electron chi connectivity index (χ4n) is 1.62. The monoisotopic (exact) mass is 376 g/mol. The lowest BCUT2D eigenvalue weighted by atomic mass is 10.3. The highest BCUT2D eigenvalue weighted by Gasteiger charge is 2.20. The number of rotatable bonds is 5. The molecule has 2 aromatic rings. The first kappa shape index (κ1) is 17.6. The summed E-state index contributed by atoms with van der Waals surface area (Å²) in [7, 11) is 1.56. The van der Waals surface area contributed by atoms with Gasteiger partial charge in [0.15, 0.2) is 12.3 Å². The standard InChI is InChI=1S/C14H11Cl3N2O4/c1-19(6-8-3-2-4-22-8)10(20)7-23-14(21)13-12(17)11(16)9(15)5-18-13/h2-5H,6-7H2,1H3. The Kier molecular flexibility index (Phi) is 5.87. The van der Waals surface area contributed by atoms with E-state index in [2.05, 4.69) is 4.98 Å². The molecular formula is C14H11Cl3N2O4. The Balaban J connectivity index is 1.93. The van der Waals surface area contributed by atoms with Crippen molar-refractivity contribution in [3.8, 4) is 0 Å². The van der Waals surface area contributed by atoms with Gasteiger partial charge in [0.05, 0.1) is 27.9 Å². The summed E-state index contributed by atoms with van der Waals surface area (Å²) in [6.45, 7) is -0.205. The number of pyridine rings is 1. The predicted octanol–water partition coefficient (Wildman–Crippen LogP) is 3.45. The molecule has 122 valence electrons. The Hall–Kier alpha value is -1.76. The van der Waals surface area contributed by atoms with Gasteiger partial charge in [-0.25, -0.2) is 9.78 Å². The Labute approximate surface area is 146 Å². The van der Waals surface area contributed by atoms with E-state index < -0.39 is 18.5 Å². The molecule has 0 saturated carbocycles. The summed E-state index contributed by atoms with van der Waals surface area (Å²) < 4.78 is 10.0. The van der Waals surface area contributed by atoms with Crippen molar-refractivity contribution in [2.75, 3.05) is 13.7 Å². The van der Waals surface area contributed by atoms with Gasteiger partial charge in [-0.2, -0.15) is 0 Å². The largest absolute Gasteiger partial charge is 0.467 e. The van der Waals surface area contributed by atoms with Gasteiger partial charge < -0.3 is 14.1 Å². The average Bonchev–Trinajstić information content (AvgIpc) is 3.03. The van der Waals surface area contributed by atoms with Crippen LogP contribution in [0.2, 0.25) is 15.1 Å². The third-order valence-electron chi connectivity index (χ3n) is 2.84. The SMILES string of the molecule is CN(Cc1ccco1)C(=O)COC(=O)c1ncc(Cl)c(Cl)c1Cl. The van der Waals surface area contributed by atoms with Crippen molar-refractivity contribution in [1.29, 1.82) is 0 Å². The van der Waals surface area contributed by atoms with Crippen LogP contribution in [0.15, 0.2) is 29.0 Å². The fourth-order valence-corrected chi connectivity index (χ4v) is 2.17. The maximum atomic E-state index is 11.9. The maximum absolute atomic E-state index is 11.9. The minimum atomic E-state index is -0.867. The zero-order valence-electron chi connectivity index (χ0n) is 11.9. The van der Waals surface area contributed by atoms with Crippen LogP contribution in [0.3, 0.4) is 0 Å². The second kappa shape index (κ2) is 7.68. The molecule has 0 saturated heterocycles. The summed E-state index contributed by atoms with van der Waals surface area (Å²) in [5.41, 5.74) is -0.206. The molecule has 0 aliphatic heterocycles. The third kappa shape index (κ3) is 4.37. The first-order valence-electron chi connectivity index (χ1n) is 6.33. The number of esters is 1. The van der Waals surface area contributed by atoms with Crippen molar-refractivity contribution in [2.45, 2.75) is 6.54 Å². The number of nitrogens with zero attached hydrogens (tertiary/aromatic N) is 2. The van der Waals surface area contributed by atoms with Gasteiger partial charge in [0.25, 0.3) is 5.91 Å². The van der Waals surface area contributed by atoms with Crippen molar-refractivity contribution in [3.05, 3.63) is 51.1 Å². The van der Waals surface area contributed by atoms with Gasteiger partial charge in [-0.15, -0.1) is 0 Å². The van der Waals surface area contributed by atoms with Crippen molar-refractivity contribution in [1.82, 2.24) is 9.88 Å². The van der Waals surface area contributed by atoms with E-state index in [1.165, 1.54) is 17.4 Å². The van der Waals surface area contributed by atoms with Crippen LogP contribution in [0.25, 0.3) is 0 Å². The molecule has 0 aromatic carbocycles. The van der Waals surface area contributed by atoms with Crippen LogP contribution in [-0.4, -0.2) is 35.4 Å². The van der Waals surface area contributed by atoms with Crippen LogP contribution in [0.1, 0.15) is 16.2 Å². The number of amides is 1. The van der Waals surface area contributed by atoms with Crippen molar-refractivity contribution in [2.24, 2.45) is 0 Å². The molecule has 0 bridgehead atoms. The zero-order chi connectivity index (χ0) is 17.0. The molecule has 0 radical (unpaired) electrons. The predicted molar refractivity (Wildman–Crippen MR) is 84.7 cm³/mol. The lowest BCUT2D eigenvalue weighted by Gasteiger charge is -2.15. The molecular weight excluding hydrogens is 367 g/mol. The molecule has 0 aliphatic carbocycles. The van der Waals surface area contributed by atoms with Gasteiger partial charge in [-0.05, 0) is 12.1 Å². The highest BCUT2D eigenvalue weighted by molar-refractivity contribution is 6.48. The van der Waals surface area contributed by atoms with Crippen LogP contribution < -0.4 is 0 Å². The number of halogens is 3. The Morgan fingerprint density at radius 3 is 2.70 bits per heavy atom. The number of hydrogen-bond donors (Lipinski definition) is 0. The lowest BCUT2D eigenvalue weighted by Crippen LogP contribution is -2.30. The molecule has 0 fully saturated rings. The summed E-state index contributed by atoms with van der Waals surface area (Å²) in [6, 6.07) is 3.45. The average molecular weight is 378 g/mol. The van der Waals surface area contributed by atoms with Gasteiger partial charge in [0, 0.05) is 13.2 Å². The van der Waals surface area contributed by atoms with Gasteiger partial charge in [-0.1, -0.05) is 34.8 Å². The molecule has 23 heavy (non-hydrogen) atoms. The van der Waals surface area contributed by atoms with E-state index in [9.17, 15) is 9.59 Å². The normalized spacial score (nSPS) is 10.4. The number of hydrogen-bond acceptors (Lipinski definition) is 5. The molecule has 0 N–H and O–H groups in total. The fraction of sp³-hybridized carbons (Fsp3) is 0.214. The van der Waals surface area contributed by atoms with Crippen LogP contribution in [-0.2, 0) is 16.1 Å². The number of aromatic nitrogens is 1. The number of furan rings is 1. The van der Waals surface area contributed by atoms with Crippen LogP contribution in [0, 0.1) is 0 Å². The van der Waals surface area contributed by atoms with E-state index in [1.54, 1.807) is 19.2 Å². The summed E-state index contributed by atoms with van der Waals surface area (Å²) in [4.78, 5) is 28.9. The smallest absolute Gasteiger partial charge is 0.359 e. The minimum absolute atomic E-state index is 0.00320. The molecule has 0 aliphatic rings. The van der Waals surface area contributed by atoms with Crippen LogP contribution >= 0.6 is 34.8 Å². The van der Waals surface area contributed by atoms with Gasteiger partial charge in [0.1, 0.15) is 5.76 Å². The van der Waals surface area contributed by atoms with Gasteiger partial charge >= 0.3 is 5.97 Å². The summed E-state index contributed by atoms with van der Waals surface area (Å²) in [5, 5.41) is -0.0143.